The molecule has 0 amide bonds. The number of carbonyl (C=O) groups excluding carboxylic acids is 2. The van der Waals surface area contributed by atoms with Crippen LogP contribution in [0.15, 0.2) is 66.4 Å². The van der Waals surface area contributed by atoms with Gasteiger partial charge in [-0.2, -0.15) is 5.10 Å². The third kappa shape index (κ3) is 11.8. The molecule has 4 aromatic rings. The van der Waals surface area contributed by atoms with Gasteiger partial charge >= 0.3 is 11.9 Å². The van der Waals surface area contributed by atoms with Crippen molar-refractivity contribution in [3.63, 3.8) is 0 Å². The average Bonchev–Trinajstić information content (AvgIpc) is 3.84. The number of ether oxygens (including phenoxy) is 5. The minimum absolute atomic E-state index is 0.0603. The van der Waals surface area contributed by atoms with Crippen molar-refractivity contribution in [1.82, 2.24) is 9.78 Å². The fourth-order valence-corrected chi connectivity index (χ4v) is 6.30. The normalized spacial score (nSPS) is 11.9. The summed E-state index contributed by atoms with van der Waals surface area (Å²) in [6.07, 6.45) is 6.05. The van der Waals surface area contributed by atoms with Gasteiger partial charge in [-0.3, -0.25) is 4.68 Å². The lowest BCUT2D eigenvalue weighted by molar-refractivity contribution is -0.757. The first-order chi connectivity index (χ1) is 28.1. The zero-order valence-electron chi connectivity index (χ0n) is 32.0. The van der Waals surface area contributed by atoms with Gasteiger partial charge in [0.15, 0.2) is 0 Å². The first-order valence-corrected chi connectivity index (χ1v) is 18.9. The van der Waals surface area contributed by atoms with E-state index in [9.17, 15) is 29.8 Å². The van der Waals surface area contributed by atoms with Crippen LogP contribution >= 0.6 is 11.6 Å². The summed E-state index contributed by atoms with van der Waals surface area (Å²) in [6, 6.07) is 15.6. The van der Waals surface area contributed by atoms with Gasteiger partial charge < -0.3 is 33.4 Å². The van der Waals surface area contributed by atoms with E-state index in [0.29, 0.717) is 63.4 Å². The number of methoxy groups -OCH3 is 1. The second kappa shape index (κ2) is 21.2. The van der Waals surface area contributed by atoms with Gasteiger partial charge in [-0.05, 0) is 48.9 Å². The molecule has 0 radical (unpaired) electrons. The van der Waals surface area contributed by atoms with E-state index < -0.39 is 22.1 Å². The summed E-state index contributed by atoms with van der Waals surface area (Å²) in [6.45, 7) is 2.40. The van der Waals surface area contributed by atoms with Crippen LogP contribution in [0.4, 0.5) is 0 Å². The number of halogens is 1. The summed E-state index contributed by atoms with van der Waals surface area (Å²) < 4.78 is 30.7. The molecule has 0 saturated carbocycles. The summed E-state index contributed by atoms with van der Waals surface area (Å²) >= 11 is 6.51. The molecule has 0 atom stereocenters. The van der Waals surface area contributed by atoms with Crippen molar-refractivity contribution < 1.29 is 53.1 Å². The first-order valence-electron chi connectivity index (χ1n) is 18.6. The van der Waals surface area contributed by atoms with Crippen molar-refractivity contribution in [3.05, 3.63) is 119 Å². The summed E-state index contributed by atoms with van der Waals surface area (Å²) in [5.41, 5.74) is 4.47. The Labute approximate surface area is 338 Å². The van der Waals surface area contributed by atoms with E-state index in [1.165, 1.54) is 0 Å². The molecular weight excluding hydrogens is 780 g/mol. The number of esters is 2. The van der Waals surface area contributed by atoms with Crippen LogP contribution in [0.5, 0.6) is 17.2 Å². The molecule has 18 heteroatoms. The molecule has 17 nitrogen and oxygen atoms in total. The number of aromatic nitrogens is 2. The molecule has 58 heavy (non-hydrogen) atoms. The summed E-state index contributed by atoms with van der Waals surface area (Å²) in [4.78, 5) is 56.5. The van der Waals surface area contributed by atoms with Gasteiger partial charge in [0.2, 0.25) is 0 Å². The molecule has 0 N–H and O–H groups in total. The van der Waals surface area contributed by atoms with Gasteiger partial charge in [-0.25, -0.2) is 9.59 Å². The topological polar surface area (TPSA) is 203 Å². The van der Waals surface area contributed by atoms with E-state index in [1.54, 1.807) is 61.8 Å². The highest BCUT2D eigenvalue weighted by Crippen LogP contribution is 2.38. The van der Waals surface area contributed by atoms with Crippen molar-refractivity contribution in [2.24, 2.45) is 0 Å². The highest BCUT2D eigenvalue weighted by molar-refractivity contribution is 6.30. The van der Waals surface area contributed by atoms with Gasteiger partial charge in [0.1, 0.15) is 23.9 Å². The maximum Gasteiger partial charge on any atom is 0.338 e. The predicted octanol–water partition coefficient (Wildman–Crippen LogP) is 7.05. The van der Waals surface area contributed by atoms with Crippen LogP contribution in [0.2, 0.25) is 5.02 Å². The zero-order valence-corrected chi connectivity index (χ0v) is 32.8. The number of hydrogen-bond donors (Lipinski definition) is 0. The molecular formula is C40H43ClN4O13. The lowest BCUT2D eigenvalue weighted by Crippen LogP contribution is -2.13. The summed E-state index contributed by atoms with van der Waals surface area (Å²) in [5.74, 6) is 0.357. The Kier molecular flexibility index (Phi) is 15.7. The Bertz CT molecular complexity index is 2120. The fraction of sp³-hybridized carbons (Fsp3) is 0.375. The van der Waals surface area contributed by atoms with Crippen LogP contribution in [-0.2, 0) is 49.9 Å². The quantitative estimate of drug-likeness (QED) is 0.0242. The Hall–Kier alpha value is -6.36. The number of nitrogens with zero attached hydrogens (tertiary/aromatic N) is 4. The first kappa shape index (κ1) is 42.8. The molecule has 1 aliphatic heterocycles. The summed E-state index contributed by atoms with van der Waals surface area (Å²) in [7, 11) is 1.55. The fourth-order valence-electron chi connectivity index (χ4n) is 6.13. The Morgan fingerprint density at radius 1 is 0.931 bits per heavy atom. The minimum atomic E-state index is -0.909. The lowest BCUT2D eigenvalue weighted by Gasteiger charge is -2.17. The van der Waals surface area contributed by atoms with E-state index in [4.69, 9.17) is 40.4 Å². The Morgan fingerprint density at radius 3 is 2.40 bits per heavy atom. The van der Waals surface area contributed by atoms with Crippen LogP contribution < -0.4 is 14.2 Å². The van der Waals surface area contributed by atoms with E-state index in [1.807, 2.05) is 16.8 Å². The molecule has 3 aromatic carbocycles. The van der Waals surface area contributed by atoms with E-state index >= 15 is 0 Å². The van der Waals surface area contributed by atoms with Gasteiger partial charge in [0.25, 0.3) is 10.2 Å². The Morgan fingerprint density at radius 2 is 1.67 bits per heavy atom. The molecule has 0 unspecified atom stereocenters. The molecule has 0 aliphatic carbocycles. The number of rotatable bonds is 23. The van der Waals surface area contributed by atoms with Crippen LogP contribution in [0, 0.1) is 20.2 Å². The largest absolute Gasteiger partial charge is 0.496 e. The molecule has 0 spiro atoms. The second-order valence-electron chi connectivity index (χ2n) is 12.9. The molecule has 308 valence electrons. The SMILES string of the molecule is CCCCn1ncc(C=C(Cc2cc3c(cc2OC)CCO3)C(=O)OCCCO[N+](=O)[O-])c1-c1ccc(Cl)cc1OCc1ccccc1C(=O)OCCCO[N+](=O)[O-]. The van der Waals surface area contributed by atoms with Crippen molar-refractivity contribution in [2.45, 2.75) is 58.6 Å². The molecule has 5 rings (SSSR count). The summed E-state index contributed by atoms with van der Waals surface area (Å²) in [5, 5.41) is 24.3. The number of hydrogen-bond acceptors (Lipinski definition) is 14. The van der Waals surface area contributed by atoms with Crippen molar-refractivity contribution in [1.29, 1.82) is 0 Å². The van der Waals surface area contributed by atoms with Crippen LogP contribution in [0.1, 0.15) is 65.2 Å². The third-order valence-corrected chi connectivity index (χ3v) is 9.15. The van der Waals surface area contributed by atoms with E-state index in [0.717, 1.165) is 24.8 Å². The van der Waals surface area contributed by atoms with Crippen LogP contribution in [0.25, 0.3) is 17.3 Å². The third-order valence-electron chi connectivity index (χ3n) is 8.91. The number of unbranched alkanes of at least 4 members (excludes halogenated alkanes) is 1. The number of aryl methyl sites for hydroxylation is 1. The van der Waals surface area contributed by atoms with Crippen molar-refractivity contribution >= 4 is 29.6 Å². The monoisotopic (exact) mass is 822 g/mol. The minimum Gasteiger partial charge on any atom is -0.496 e. The van der Waals surface area contributed by atoms with Gasteiger partial charge in [-0.15, -0.1) is 20.2 Å². The number of benzene rings is 3. The van der Waals surface area contributed by atoms with Crippen molar-refractivity contribution in [2.75, 3.05) is 40.1 Å². The van der Waals surface area contributed by atoms with E-state index in [-0.39, 0.29) is 63.4 Å². The number of carbonyl (C=O) groups is 2. The smallest absolute Gasteiger partial charge is 0.338 e. The Balaban J connectivity index is 1.49. The van der Waals surface area contributed by atoms with Crippen LogP contribution in [-0.4, -0.2) is 72.0 Å². The van der Waals surface area contributed by atoms with Gasteiger partial charge in [-0.1, -0.05) is 43.1 Å². The van der Waals surface area contributed by atoms with Gasteiger partial charge in [0, 0.05) is 70.6 Å². The van der Waals surface area contributed by atoms with Crippen LogP contribution in [0.3, 0.4) is 0 Å². The lowest BCUT2D eigenvalue weighted by atomic mass is 9.98. The van der Waals surface area contributed by atoms with Gasteiger partial charge in [0.05, 0.1) is 57.6 Å². The molecule has 0 bridgehead atoms. The molecule has 0 saturated heterocycles. The average molecular weight is 823 g/mol. The molecule has 0 fully saturated rings. The standard InChI is InChI=1S/C40H43ClN4O13/c1-3-4-14-43-38(34-12-11-32(41)24-37(34)56-26-28-9-5-6-10-33(28)40(47)55-16-8-18-58-45(50)51)31(25-42-43)21-30(39(46)54-15-7-17-57-44(48)49)20-29-23-36-27(13-19-53-36)22-35(29)52-2/h5-6,9-12,21-25H,3-4,7-8,13-20,26H2,1-2H3. The maximum atomic E-state index is 13.8. The van der Waals surface area contributed by atoms with Crippen molar-refractivity contribution in [3.8, 4) is 28.5 Å². The zero-order chi connectivity index (χ0) is 41.4. The second-order valence-corrected chi connectivity index (χ2v) is 13.4. The molecule has 1 aromatic heterocycles. The predicted molar refractivity (Wildman–Crippen MR) is 209 cm³/mol. The molecule has 1 aliphatic rings. The maximum absolute atomic E-state index is 13.8. The molecule has 2 heterocycles. The van der Waals surface area contributed by atoms with E-state index in [2.05, 4.69) is 16.6 Å². The highest BCUT2D eigenvalue weighted by Gasteiger charge is 2.23. The number of fused-ring (bicyclic) bond motifs is 1. The highest BCUT2D eigenvalue weighted by atomic mass is 35.5.